The SMILES string of the molecule is CCCCCCC(NCc1ccccc1Cl)c1ncc(-c2ccccc2)[nH]1. The molecule has 0 bridgehead atoms. The second-order valence-electron chi connectivity index (χ2n) is 6.92. The summed E-state index contributed by atoms with van der Waals surface area (Å²) in [5.41, 5.74) is 3.34. The molecule has 1 aromatic heterocycles. The summed E-state index contributed by atoms with van der Waals surface area (Å²) in [5.74, 6) is 0.998. The number of benzene rings is 2. The molecule has 0 radical (unpaired) electrons. The highest BCUT2D eigenvalue weighted by atomic mass is 35.5. The Morgan fingerprint density at radius 1 is 1.00 bits per heavy atom. The Morgan fingerprint density at radius 3 is 2.56 bits per heavy atom. The van der Waals surface area contributed by atoms with E-state index in [0.717, 1.165) is 40.6 Å². The monoisotopic (exact) mass is 381 g/mol. The minimum Gasteiger partial charge on any atom is -0.341 e. The van der Waals surface area contributed by atoms with E-state index in [1.165, 1.54) is 25.7 Å². The van der Waals surface area contributed by atoms with Gasteiger partial charge in [0.05, 0.1) is 17.9 Å². The van der Waals surface area contributed by atoms with Crippen molar-refractivity contribution >= 4 is 11.6 Å². The molecule has 0 aliphatic heterocycles. The first-order valence-corrected chi connectivity index (χ1v) is 10.2. The molecule has 0 amide bonds. The predicted molar refractivity (Wildman–Crippen MR) is 114 cm³/mol. The van der Waals surface area contributed by atoms with Crippen molar-refractivity contribution in [2.45, 2.75) is 51.6 Å². The average molecular weight is 382 g/mol. The minimum absolute atomic E-state index is 0.190. The molecule has 1 unspecified atom stereocenters. The van der Waals surface area contributed by atoms with Crippen LogP contribution >= 0.6 is 11.6 Å². The van der Waals surface area contributed by atoms with E-state index in [0.29, 0.717) is 0 Å². The molecule has 4 heteroatoms. The molecule has 3 aromatic rings. The highest BCUT2D eigenvalue weighted by Gasteiger charge is 2.15. The number of aromatic amines is 1. The fourth-order valence-electron chi connectivity index (χ4n) is 3.26. The zero-order chi connectivity index (χ0) is 18.9. The van der Waals surface area contributed by atoms with Crippen molar-refractivity contribution in [1.82, 2.24) is 15.3 Å². The summed E-state index contributed by atoms with van der Waals surface area (Å²) in [7, 11) is 0. The van der Waals surface area contributed by atoms with Gasteiger partial charge < -0.3 is 10.3 Å². The third kappa shape index (κ3) is 5.69. The molecule has 0 aliphatic rings. The number of rotatable bonds is 10. The molecule has 0 spiro atoms. The predicted octanol–water partition coefficient (Wildman–Crippen LogP) is 6.53. The number of hydrogen-bond donors (Lipinski definition) is 2. The van der Waals surface area contributed by atoms with E-state index in [2.05, 4.69) is 40.4 Å². The first-order valence-electron chi connectivity index (χ1n) is 9.85. The fraction of sp³-hybridized carbons (Fsp3) is 0.348. The average Bonchev–Trinajstić information content (AvgIpc) is 3.19. The number of H-pyrrole nitrogens is 1. The first kappa shape index (κ1) is 19.7. The number of aromatic nitrogens is 2. The third-order valence-electron chi connectivity index (χ3n) is 4.85. The van der Waals surface area contributed by atoms with Crippen molar-refractivity contribution in [1.29, 1.82) is 0 Å². The van der Waals surface area contributed by atoms with Crippen LogP contribution in [0.2, 0.25) is 5.02 Å². The third-order valence-corrected chi connectivity index (χ3v) is 5.22. The summed E-state index contributed by atoms with van der Waals surface area (Å²) >= 11 is 6.32. The van der Waals surface area contributed by atoms with Crippen LogP contribution in [0.1, 0.15) is 56.5 Å². The molecule has 0 saturated heterocycles. The Morgan fingerprint density at radius 2 is 1.78 bits per heavy atom. The largest absolute Gasteiger partial charge is 0.341 e. The van der Waals surface area contributed by atoms with Crippen LogP contribution in [0.25, 0.3) is 11.3 Å². The molecule has 3 rings (SSSR count). The van der Waals surface area contributed by atoms with Crippen molar-refractivity contribution in [3.05, 3.63) is 77.2 Å². The quantitative estimate of drug-likeness (QED) is 0.392. The van der Waals surface area contributed by atoms with Gasteiger partial charge in [-0.1, -0.05) is 92.7 Å². The molecule has 1 heterocycles. The zero-order valence-corrected chi connectivity index (χ0v) is 16.7. The highest BCUT2D eigenvalue weighted by Crippen LogP contribution is 2.24. The van der Waals surface area contributed by atoms with Gasteiger partial charge in [-0.15, -0.1) is 0 Å². The smallest absolute Gasteiger partial charge is 0.123 e. The summed E-state index contributed by atoms with van der Waals surface area (Å²) in [4.78, 5) is 8.19. The Balaban J connectivity index is 1.71. The number of unbranched alkanes of at least 4 members (excludes halogenated alkanes) is 3. The van der Waals surface area contributed by atoms with Crippen LogP contribution in [0.4, 0.5) is 0 Å². The van der Waals surface area contributed by atoms with Gasteiger partial charge >= 0.3 is 0 Å². The van der Waals surface area contributed by atoms with Crippen molar-refractivity contribution < 1.29 is 0 Å². The molecule has 142 valence electrons. The highest BCUT2D eigenvalue weighted by molar-refractivity contribution is 6.31. The lowest BCUT2D eigenvalue weighted by Crippen LogP contribution is -2.22. The normalized spacial score (nSPS) is 12.2. The van der Waals surface area contributed by atoms with E-state index in [9.17, 15) is 0 Å². The summed E-state index contributed by atoms with van der Waals surface area (Å²) in [6, 6.07) is 18.5. The first-order chi connectivity index (χ1) is 13.3. The van der Waals surface area contributed by atoms with Gasteiger partial charge in [-0.3, -0.25) is 0 Å². The zero-order valence-electron chi connectivity index (χ0n) is 15.9. The maximum atomic E-state index is 6.32. The van der Waals surface area contributed by atoms with Gasteiger partial charge in [0.2, 0.25) is 0 Å². The number of imidazole rings is 1. The fourth-order valence-corrected chi connectivity index (χ4v) is 3.47. The topological polar surface area (TPSA) is 40.7 Å². The van der Waals surface area contributed by atoms with Crippen LogP contribution in [-0.4, -0.2) is 9.97 Å². The van der Waals surface area contributed by atoms with Crippen molar-refractivity contribution in [2.24, 2.45) is 0 Å². The van der Waals surface area contributed by atoms with E-state index >= 15 is 0 Å². The molecule has 0 saturated carbocycles. The molecular weight excluding hydrogens is 354 g/mol. The van der Waals surface area contributed by atoms with E-state index in [-0.39, 0.29) is 6.04 Å². The van der Waals surface area contributed by atoms with Crippen molar-refractivity contribution in [3.63, 3.8) is 0 Å². The minimum atomic E-state index is 0.190. The van der Waals surface area contributed by atoms with E-state index < -0.39 is 0 Å². The van der Waals surface area contributed by atoms with Gasteiger partial charge in [0.1, 0.15) is 5.82 Å². The van der Waals surface area contributed by atoms with Crippen molar-refractivity contribution in [3.8, 4) is 11.3 Å². The summed E-state index contributed by atoms with van der Waals surface area (Å²) < 4.78 is 0. The van der Waals surface area contributed by atoms with Crippen LogP contribution < -0.4 is 5.32 Å². The lowest BCUT2D eigenvalue weighted by atomic mass is 10.1. The molecule has 1 atom stereocenters. The van der Waals surface area contributed by atoms with Crippen LogP contribution in [-0.2, 0) is 6.54 Å². The van der Waals surface area contributed by atoms with Gasteiger partial charge in [-0.05, 0) is 23.6 Å². The van der Waals surface area contributed by atoms with E-state index in [1.807, 2.05) is 42.6 Å². The summed E-state index contributed by atoms with van der Waals surface area (Å²) in [6.45, 7) is 2.98. The van der Waals surface area contributed by atoms with Gasteiger partial charge in [0.15, 0.2) is 0 Å². The van der Waals surface area contributed by atoms with Crippen molar-refractivity contribution in [2.75, 3.05) is 0 Å². The molecule has 27 heavy (non-hydrogen) atoms. The Kier molecular flexibility index (Phi) is 7.49. The molecule has 2 aromatic carbocycles. The summed E-state index contributed by atoms with van der Waals surface area (Å²) in [5, 5.41) is 4.46. The number of nitrogens with zero attached hydrogens (tertiary/aromatic N) is 1. The summed E-state index contributed by atoms with van der Waals surface area (Å²) in [6.07, 6.45) is 7.97. The second-order valence-corrected chi connectivity index (χ2v) is 7.33. The number of halogens is 1. The van der Waals surface area contributed by atoms with E-state index in [4.69, 9.17) is 11.6 Å². The van der Waals surface area contributed by atoms with Crippen LogP contribution in [0.3, 0.4) is 0 Å². The van der Waals surface area contributed by atoms with Crippen LogP contribution in [0.15, 0.2) is 60.8 Å². The van der Waals surface area contributed by atoms with Crippen LogP contribution in [0, 0.1) is 0 Å². The van der Waals surface area contributed by atoms with Gasteiger partial charge in [0.25, 0.3) is 0 Å². The standard InChI is InChI=1S/C23H28ClN3/c1-2-3-4-8-15-21(25-16-19-13-9-10-14-20(19)24)23-26-17-22(27-23)18-11-6-5-7-12-18/h5-7,9-14,17,21,25H,2-4,8,15-16H2,1H3,(H,26,27). The molecule has 2 N–H and O–H groups in total. The second kappa shape index (κ2) is 10.3. The Bertz CT molecular complexity index is 813. The van der Waals surface area contributed by atoms with Crippen LogP contribution in [0.5, 0.6) is 0 Å². The number of hydrogen-bond acceptors (Lipinski definition) is 2. The van der Waals surface area contributed by atoms with Gasteiger partial charge in [0, 0.05) is 11.6 Å². The van der Waals surface area contributed by atoms with Gasteiger partial charge in [-0.2, -0.15) is 0 Å². The molecular formula is C23H28ClN3. The van der Waals surface area contributed by atoms with Gasteiger partial charge in [-0.25, -0.2) is 4.98 Å². The molecule has 3 nitrogen and oxygen atoms in total. The maximum absolute atomic E-state index is 6.32. The Hall–Kier alpha value is -2.10. The number of nitrogens with one attached hydrogen (secondary N) is 2. The lowest BCUT2D eigenvalue weighted by Gasteiger charge is -2.17. The molecule has 0 fully saturated rings. The lowest BCUT2D eigenvalue weighted by molar-refractivity contribution is 0.453. The molecule has 0 aliphatic carbocycles. The Labute approximate surface area is 167 Å². The van der Waals surface area contributed by atoms with E-state index in [1.54, 1.807) is 0 Å². The maximum Gasteiger partial charge on any atom is 0.123 e.